The Morgan fingerprint density at radius 2 is 1.52 bits per heavy atom. The molecule has 0 aliphatic carbocycles. The predicted molar refractivity (Wildman–Crippen MR) is 80.6 cm³/mol. The molecule has 3 rings (SSSR count). The SMILES string of the molecule is N#CC(C#N)=C1c2ccccc2S(=O)(=O)c2cc(C(F)(F)F)ccc21. The maximum atomic E-state index is 13.0. The summed E-state index contributed by atoms with van der Waals surface area (Å²) < 4.78 is 64.5. The molecule has 8 heteroatoms. The van der Waals surface area contributed by atoms with Gasteiger partial charge in [-0.05, 0) is 18.2 Å². The van der Waals surface area contributed by atoms with E-state index >= 15 is 0 Å². The fourth-order valence-corrected chi connectivity index (χ4v) is 4.40. The molecule has 0 atom stereocenters. The van der Waals surface area contributed by atoms with Crippen LogP contribution in [0.5, 0.6) is 0 Å². The number of rotatable bonds is 0. The summed E-state index contributed by atoms with van der Waals surface area (Å²) in [5, 5.41) is 18.4. The molecule has 0 saturated carbocycles. The van der Waals surface area contributed by atoms with Gasteiger partial charge in [0, 0.05) is 16.7 Å². The van der Waals surface area contributed by atoms with Gasteiger partial charge in [0.05, 0.1) is 15.4 Å². The minimum Gasteiger partial charge on any atom is -0.218 e. The van der Waals surface area contributed by atoms with Crippen LogP contribution in [-0.2, 0) is 16.0 Å². The van der Waals surface area contributed by atoms with Crippen molar-refractivity contribution in [1.29, 1.82) is 10.5 Å². The molecule has 1 aliphatic rings. The number of nitriles is 2. The Morgan fingerprint density at radius 3 is 2.12 bits per heavy atom. The molecular formula is C17H7F3N2O2S. The van der Waals surface area contributed by atoms with E-state index in [0.717, 1.165) is 12.1 Å². The molecule has 1 heterocycles. The van der Waals surface area contributed by atoms with Gasteiger partial charge in [-0.25, -0.2) is 8.42 Å². The Bertz CT molecular complexity index is 1100. The maximum Gasteiger partial charge on any atom is 0.416 e. The zero-order valence-electron chi connectivity index (χ0n) is 12.3. The molecule has 0 bridgehead atoms. The average Bonchev–Trinajstić information content (AvgIpc) is 2.57. The summed E-state index contributed by atoms with van der Waals surface area (Å²) in [6.07, 6.45) is -4.72. The largest absolute Gasteiger partial charge is 0.416 e. The number of nitrogens with zero attached hydrogens (tertiary/aromatic N) is 2. The number of hydrogen-bond donors (Lipinski definition) is 0. The molecule has 0 radical (unpaired) electrons. The predicted octanol–water partition coefficient (Wildman–Crippen LogP) is 3.70. The van der Waals surface area contributed by atoms with E-state index in [9.17, 15) is 32.1 Å². The van der Waals surface area contributed by atoms with Crippen molar-refractivity contribution in [1.82, 2.24) is 0 Å². The van der Waals surface area contributed by atoms with Gasteiger partial charge < -0.3 is 0 Å². The first-order valence-electron chi connectivity index (χ1n) is 6.82. The molecule has 2 aromatic carbocycles. The molecule has 0 saturated heterocycles. The monoisotopic (exact) mass is 360 g/mol. The molecule has 25 heavy (non-hydrogen) atoms. The van der Waals surface area contributed by atoms with Gasteiger partial charge in [-0.3, -0.25) is 0 Å². The first-order valence-corrected chi connectivity index (χ1v) is 8.30. The Balaban J connectivity index is 2.50. The smallest absolute Gasteiger partial charge is 0.218 e. The summed E-state index contributed by atoms with van der Waals surface area (Å²) in [5.41, 5.74) is -1.45. The fraction of sp³-hybridized carbons (Fsp3) is 0.0588. The highest BCUT2D eigenvalue weighted by atomic mass is 32.2. The van der Waals surface area contributed by atoms with Crippen LogP contribution in [0.15, 0.2) is 57.8 Å². The minimum absolute atomic E-state index is 0.0131. The summed E-state index contributed by atoms with van der Waals surface area (Å²) in [6, 6.07) is 11.2. The fourth-order valence-electron chi connectivity index (χ4n) is 2.70. The zero-order valence-corrected chi connectivity index (χ0v) is 13.1. The van der Waals surface area contributed by atoms with Gasteiger partial charge in [0.25, 0.3) is 0 Å². The van der Waals surface area contributed by atoms with Crippen molar-refractivity contribution in [2.24, 2.45) is 0 Å². The number of sulfone groups is 1. The van der Waals surface area contributed by atoms with Crippen molar-refractivity contribution >= 4 is 15.4 Å². The highest BCUT2D eigenvalue weighted by molar-refractivity contribution is 7.91. The minimum atomic E-state index is -4.72. The second-order valence-corrected chi connectivity index (χ2v) is 7.07. The normalized spacial score (nSPS) is 14.7. The van der Waals surface area contributed by atoms with Crippen LogP contribution >= 0.6 is 0 Å². The van der Waals surface area contributed by atoms with Crippen molar-refractivity contribution < 1.29 is 21.6 Å². The van der Waals surface area contributed by atoms with Gasteiger partial charge in [-0.1, -0.05) is 24.3 Å². The number of allylic oxidation sites excluding steroid dienone is 1. The van der Waals surface area contributed by atoms with Crippen LogP contribution in [0.1, 0.15) is 16.7 Å². The van der Waals surface area contributed by atoms with E-state index in [4.69, 9.17) is 0 Å². The van der Waals surface area contributed by atoms with Crippen LogP contribution in [0.3, 0.4) is 0 Å². The van der Waals surface area contributed by atoms with Gasteiger partial charge in [0.15, 0.2) is 0 Å². The number of halogens is 3. The summed E-state index contributed by atoms with van der Waals surface area (Å²) in [4.78, 5) is -0.807. The number of alkyl halides is 3. The molecule has 2 aromatic rings. The Hall–Kier alpha value is -3.10. The molecule has 0 N–H and O–H groups in total. The third kappa shape index (κ3) is 2.48. The Kier molecular flexibility index (Phi) is 3.66. The molecule has 1 aliphatic heterocycles. The highest BCUT2D eigenvalue weighted by Gasteiger charge is 2.38. The van der Waals surface area contributed by atoms with Gasteiger partial charge in [0.1, 0.15) is 17.7 Å². The first kappa shape index (κ1) is 16.7. The van der Waals surface area contributed by atoms with Crippen molar-refractivity contribution in [3.8, 4) is 12.1 Å². The van der Waals surface area contributed by atoms with E-state index in [1.54, 1.807) is 12.1 Å². The van der Waals surface area contributed by atoms with Gasteiger partial charge in [0.2, 0.25) is 9.84 Å². The van der Waals surface area contributed by atoms with Crippen LogP contribution in [0, 0.1) is 22.7 Å². The summed E-state index contributed by atoms with van der Waals surface area (Å²) in [6.45, 7) is 0. The molecule has 4 nitrogen and oxygen atoms in total. The van der Waals surface area contributed by atoms with Crippen molar-refractivity contribution in [3.63, 3.8) is 0 Å². The second-order valence-electron chi connectivity index (χ2n) is 5.18. The number of fused-ring (bicyclic) bond motifs is 2. The van der Waals surface area contributed by atoms with E-state index in [1.807, 2.05) is 0 Å². The molecule has 0 amide bonds. The number of benzene rings is 2. The van der Waals surface area contributed by atoms with Crippen molar-refractivity contribution in [3.05, 3.63) is 64.7 Å². The molecule has 0 fully saturated rings. The van der Waals surface area contributed by atoms with Gasteiger partial charge >= 0.3 is 6.18 Å². The van der Waals surface area contributed by atoms with E-state index in [-0.39, 0.29) is 27.2 Å². The number of hydrogen-bond acceptors (Lipinski definition) is 4. The van der Waals surface area contributed by atoms with E-state index in [0.29, 0.717) is 6.07 Å². The lowest BCUT2D eigenvalue weighted by molar-refractivity contribution is -0.137. The van der Waals surface area contributed by atoms with E-state index in [2.05, 4.69) is 0 Å². The van der Waals surface area contributed by atoms with Crippen molar-refractivity contribution in [2.75, 3.05) is 0 Å². The van der Waals surface area contributed by atoms with Crippen molar-refractivity contribution in [2.45, 2.75) is 16.0 Å². The third-order valence-electron chi connectivity index (χ3n) is 3.79. The van der Waals surface area contributed by atoms with Gasteiger partial charge in [-0.15, -0.1) is 0 Å². The van der Waals surface area contributed by atoms with Crippen LogP contribution in [0.4, 0.5) is 13.2 Å². The van der Waals surface area contributed by atoms with Crippen LogP contribution in [0.25, 0.3) is 5.57 Å². The molecule has 0 spiro atoms. The van der Waals surface area contributed by atoms with Crippen LogP contribution in [-0.4, -0.2) is 8.42 Å². The summed E-state index contributed by atoms with van der Waals surface area (Å²) in [5.74, 6) is 0. The maximum absolute atomic E-state index is 13.0. The molecule has 0 unspecified atom stereocenters. The van der Waals surface area contributed by atoms with E-state index < -0.39 is 26.5 Å². The summed E-state index contributed by atoms with van der Waals surface area (Å²) in [7, 11) is -4.22. The van der Waals surface area contributed by atoms with Crippen LogP contribution < -0.4 is 0 Å². The lowest BCUT2D eigenvalue weighted by Crippen LogP contribution is -2.17. The quantitative estimate of drug-likeness (QED) is 0.573. The molecule has 0 aromatic heterocycles. The molecular weight excluding hydrogens is 353 g/mol. The summed E-state index contributed by atoms with van der Waals surface area (Å²) >= 11 is 0. The topological polar surface area (TPSA) is 81.7 Å². The zero-order chi connectivity index (χ0) is 18.4. The average molecular weight is 360 g/mol. The van der Waals surface area contributed by atoms with E-state index in [1.165, 1.54) is 24.3 Å². The third-order valence-corrected chi connectivity index (χ3v) is 5.64. The standard InChI is InChI=1S/C17H7F3N2O2S/c18-17(19,20)11-5-6-13-15(7-11)25(23,24)14-4-2-1-3-12(14)16(13)10(8-21)9-22/h1-7H. The Morgan fingerprint density at radius 1 is 0.920 bits per heavy atom. The van der Waals surface area contributed by atoms with Gasteiger partial charge in [-0.2, -0.15) is 23.7 Å². The second kappa shape index (κ2) is 5.47. The lowest BCUT2D eigenvalue weighted by Gasteiger charge is -2.23. The Labute approximate surface area is 141 Å². The molecule has 124 valence electrons. The highest BCUT2D eigenvalue weighted by Crippen LogP contribution is 2.44. The lowest BCUT2D eigenvalue weighted by atomic mass is 9.92. The van der Waals surface area contributed by atoms with Crippen LogP contribution in [0.2, 0.25) is 0 Å². The first-order chi connectivity index (χ1) is 11.7.